The zero-order valence-electron chi connectivity index (χ0n) is 9.59. The molecule has 0 radical (unpaired) electrons. The number of rotatable bonds is 1. The molecule has 1 unspecified atom stereocenters. The maximum atomic E-state index is 11.3. The highest BCUT2D eigenvalue weighted by atomic mass is 16.8. The monoisotopic (exact) mass is 239 g/mol. The van der Waals surface area contributed by atoms with Crippen LogP contribution in [0.2, 0.25) is 0 Å². The van der Waals surface area contributed by atoms with E-state index in [1.165, 1.54) is 0 Å². The second-order valence-corrected chi connectivity index (χ2v) is 4.23. The number of hydrogen-bond donors (Lipinski definition) is 1. The van der Waals surface area contributed by atoms with Crippen molar-refractivity contribution < 1.29 is 9.76 Å². The zero-order valence-corrected chi connectivity index (χ0v) is 9.59. The predicted molar refractivity (Wildman–Crippen MR) is 67.3 cm³/mol. The molecule has 0 saturated carbocycles. The van der Waals surface area contributed by atoms with Crippen molar-refractivity contribution >= 4 is 16.6 Å². The van der Waals surface area contributed by atoms with Crippen molar-refractivity contribution in [3.8, 4) is 0 Å². The Morgan fingerprint density at radius 3 is 2.72 bits per heavy atom. The van der Waals surface area contributed by atoms with E-state index in [0.717, 1.165) is 16.3 Å². The summed E-state index contributed by atoms with van der Waals surface area (Å²) in [6, 6.07) is 14.0. The minimum absolute atomic E-state index is 0.230. The highest BCUT2D eigenvalue weighted by Gasteiger charge is 2.39. The quantitative estimate of drug-likeness (QED) is 0.777. The number of fused-ring (bicyclic) bond motifs is 1. The summed E-state index contributed by atoms with van der Waals surface area (Å²) in [7, 11) is 0. The van der Waals surface area contributed by atoms with Gasteiger partial charge in [-0.3, -0.25) is 5.41 Å². The van der Waals surface area contributed by atoms with Gasteiger partial charge >= 0.3 is 5.70 Å². The van der Waals surface area contributed by atoms with Crippen LogP contribution < -0.4 is 0 Å². The highest BCUT2D eigenvalue weighted by Crippen LogP contribution is 2.32. The molecule has 1 aliphatic rings. The van der Waals surface area contributed by atoms with E-state index in [-0.39, 0.29) is 11.8 Å². The van der Waals surface area contributed by atoms with Crippen molar-refractivity contribution in [1.29, 1.82) is 5.41 Å². The molecule has 0 aliphatic carbocycles. The summed E-state index contributed by atoms with van der Waals surface area (Å²) in [6.07, 6.45) is 0.0747. The maximum absolute atomic E-state index is 11.3. The smallest absolute Gasteiger partial charge is 0.253 e. The largest absolute Gasteiger partial charge is 0.357 e. The Hall–Kier alpha value is -2.45. The number of benzene rings is 2. The molecule has 4 nitrogen and oxygen atoms in total. The van der Waals surface area contributed by atoms with Crippen molar-refractivity contribution in [2.24, 2.45) is 0 Å². The third kappa shape index (κ3) is 1.69. The first-order valence-electron chi connectivity index (χ1n) is 5.69. The summed E-state index contributed by atoms with van der Waals surface area (Å²) in [5.74, 6) is 2.11. The Morgan fingerprint density at radius 1 is 1.22 bits per heavy atom. The van der Waals surface area contributed by atoms with E-state index in [1.807, 2.05) is 42.5 Å². The molecular formula is C14H11N2O2+. The lowest BCUT2D eigenvalue weighted by Crippen LogP contribution is -1.99. The Labute approximate surface area is 104 Å². The van der Waals surface area contributed by atoms with E-state index in [4.69, 9.17) is 10.2 Å². The number of hydrogen-bond acceptors (Lipinski definition) is 3. The lowest BCUT2D eigenvalue weighted by Gasteiger charge is -2.04. The van der Waals surface area contributed by atoms with Crippen molar-refractivity contribution in [1.82, 2.24) is 0 Å². The van der Waals surface area contributed by atoms with Crippen LogP contribution >= 0.6 is 0 Å². The molecule has 1 heterocycles. The van der Waals surface area contributed by atoms with E-state index in [2.05, 4.69) is 5.87 Å². The van der Waals surface area contributed by atoms with E-state index in [0.29, 0.717) is 11.3 Å². The van der Waals surface area contributed by atoms with Crippen LogP contribution in [0.25, 0.3) is 10.8 Å². The van der Waals surface area contributed by atoms with Crippen LogP contribution in [-0.4, -0.2) is 10.8 Å². The maximum Gasteiger partial charge on any atom is 0.357 e. The summed E-state index contributed by atoms with van der Waals surface area (Å²) in [4.78, 5) is 16.9. The lowest BCUT2D eigenvalue weighted by atomic mass is 10.0. The molecule has 2 aromatic carbocycles. The van der Waals surface area contributed by atoms with Gasteiger partial charge in [-0.1, -0.05) is 36.4 Å². The molecular weight excluding hydrogens is 228 g/mol. The van der Waals surface area contributed by atoms with Crippen LogP contribution in [0.4, 0.5) is 0 Å². The fourth-order valence-corrected chi connectivity index (χ4v) is 2.15. The van der Waals surface area contributed by atoms with Crippen molar-refractivity contribution in [3.05, 3.63) is 58.6 Å². The van der Waals surface area contributed by atoms with E-state index in [9.17, 15) is 4.91 Å². The predicted octanol–water partition coefficient (Wildman–Crippen LogP) is 3.13. The summed E-state index contributed by atoms with van der Waals surface area (Å²) >= 11 is 0. The summed E-state index contributed by atoms with van der Waals surface area (Å²) in [6.45, 7) is 0. The van der Waals surface area contributed by atoms with Gasteiger partial charge in [0.05, 0.1) is 10.8 Å². The summed E-state index contributed by atoms with van der Waals surface area (Å²) in [5.41, 5.74) is 1.17. The van der Waals surface area contributed by atoms with E-state index >= 15 is 0 Å². The lowest BCUT2D eigenvalue weighted by molar-refractivity contribution is -0.758. The molecule has 4 heteroatoms. The van der Waals surface area contributed by atoms with Gasteiger partial charge in [0.2, 0.25) is 6.10 Å². The third-order valence-corrected chi connectivity index (χ3v) is 3.11. The fraction of sp³-hybridized carbons (Fsp3) is 0.143. The van der Waals surface area contributed by atoms with Crippen LogP contribution in [0.5, 0.6) is 0 Å². The molecule has 1 atom stereocenters. The van der Waals surface area contributed by atoms with Gasteiger partial charge in [-0.15, -0.1) is 0 Å². The van der Waals surface area contributed by atoms with Crippen LogP contribution in [-0.2, 0) is 4.84 Å². The average molecular weight is 239 g/mol. The van der Waals surface area contributed by atoms with Gasteiger partial charge < -0.3 is 0 Å². The summed E-state index contributed by atoms with van der Waals surface area (Å²) in [5, 5.41) is 9.27. The van der Waals surface area contributed by atoms with Gasteiger partial charge in [-0.25, -0.2) is 4.84 Å². The van der Waals surface area contributed by atoms with Crippen LogP contribution in [0.3, 0.4) is 0 Å². The normalized spacial score (nSPS) is 18.8. The Kier molecular flexibility index (Phi) is 2.43. The standard InChI is InChI=1S/C14H11N2O2/c15-9-13-8-14(18-16(13)17)12-6-5-10-3-1-2-4-11(10)7-12/h1-7,14-15H,8H2/q+1. The summed E-state index contributed by atoms with van der Waals surface area (Å²) < 4.78 is 0. The van der Waals surface area contributed by atoms with Gasteiger partial charge in [-0.2, -0.15) is 0 Å². The molecule has 0 spiro atoms. The van der Waals surface area contributed by atoms with Crippen molar-refractivity contribution in [2.75, 3.05) is 0 Å². The molecule has 1 fully saturated rings. The second-order valence-electron chi connectivity index (χ2n) is 4.23. The Balaban J connectivity index is 2.01. The molecule has 2 aromatic rings. The Morgan fingerprint density at radius 2 is 2.00 bits per heavy atom. The molecule has 3 rings (SSSR count). The first-order valence-corrected chi connectivity index (χ1v) is 5.69. The van der Waals surface area contributed by atoms with Gasteiger partial charge in [0.15, 0.2) is 0 Å². The van der Waals surface area contributed by atoms with Crippen LogP contribution in [0.1, 0.15) is 18.1 Å². The van der Waals surface area contributed by atoms with Gasteiger partial charge in [0.1, 0.15) is 6.42 Å². The molecule has 0 aromatic heterocycles. The molecule has 0 bridgehead atoms. The molecule has 1 aliphatic heterocycles. The minimum atomic E-state index is -0.319. The number of nitrogens with one attached hydrogen (secondary N) is 1. The first kappa shape index (κ1) is 10.7. The molecule has 18 heavy (non-hydrogen) atoms. The molecule has 1 saturated heterocycles. The third-order valence-electron chi connectivity index (χ3n) is 3.11. The SMILES string of the molecule is N=C=C1CC(c2ccc3ccccc3c2)O[N+]1=O. The van der Waals surface area contributed by atoms with Gasteiger partial charge in [0.25, 0.3) is 4.92 Å². The molecule has 88 valence electrons. The first-order chi connectivity index (χ1) is 8.78. The zero-order chi connectivity index (χ0) is 12.5. The van der Waals surface area contributed by atoms with E-state index < -0.39 is 0 Å². The fourth-order valence-electron chi connectivity index (χ4n) is 2.15. The highest BCUT2D eigenvalue weighted by molar-refractivity contribution is 5.83. The van der Waals surface area contributed by atoms with Crippen molar-refractivity contribution in [2.45, 2.75) is 12.5 Å². The van der Waals surface area contributed by atoms with Crippen LogP contribution in [0, 0.1) is 10.3 Å². The Bertz CT molecular complexity index is 687. The number of nitrogens with zero attached hydrogens (tertiary/aromatic N) is 1. The van der Waals surface area contributed by atoms with E-state index in [1.54, 1.807) is 0 Å². The van der Waals surface area contributed by atoms with Gasteiger partial charge in [-0.05, 0) is 16.8 Å². The topological polar surface area (TPSA) is 53.2 Å². The molecule has 1 N–H and O–H groups in total. The second kappa shape index (κ2) is 4.09. The average Bonchev–Trinajstić information content (AvgIpc) is 2.79. The van der Waals surface area contributed by atoms with Gasteiger partial charge in [0, 0.05) is 5.56 Å². The minimum Gasteiger partial charge on any atom is -0.253 e. The molecule has 0 amide bonds. The van der Waals surface area contributed by atoms with Crippen molar-refractivity contribution in [3.63, 3.8) is 0 Å². The van der Waals surface area contributed by atoms with Crippen LogP contribution in [0.15, 0.2) is 48.2 Å².